The number of rotatable bonds is 2. The van der Waals surface area contributed by atoms with Crippen LogP contribution in [0.25, 0.3) is 0 Å². The molecule has 15 heavy (non-hydrogen) atoms. The van der Waals surface area contributed by atoms with Gasteiger partial charge in [-0.1, -0.05) is 12.1 Å². The van der Waals surface area contributed by atoms with E-state index in [2.05, 4.69) is 5.32 Å². The van der Waals surface area contributed by atoms with Crippen LogP contribution in [0.1, 0.15) is 17.9 Å². The summed E-state index contributed by atoms with van der Waals surface area (Å²) in [6.45, 7) is 1.93. The predicted molar refractivity (Wildman–Crippen MR) is 59.1 cm³/mol. The van der Waals surface area contributed by atoms with E-state index in [9.17, 15) is 5.11 Å². The smallest absolute Gasteiger partial charge is 0.115 e. The maximum Gasteiger partial charge on any atom is 0.115 e. The summed E-state index contributed by atoms with van der Waals surface area (Å²) in [5.41, 5.74) is 1.15. The van der Waals surface area contributed by atoms with E-state index in [0.717, 1.165) is 25.1 Å². The van der Waals surface area contributed by atoms with Crippen molar-refractivity contribution in [2.75, 3.05) is 20.2 Å². The lowest BCUT2D eigenvalue weighted by Gasteiger charge is -2.31. The van der Waals surface area contributed by atoms with Gasteiger partial charge in [-0.15, -0.1) is 0 Å². The zero-order valence-corrected chi connectivity index (χ0v) is 8.94. The first kappa shape index (κ1) is 10.5. The van der Waals surface area contributed by atoms with E-state index in [1.165, 1.54) is 0 Å². The molecule has 0 aliphatic carbocycles. The summed E-state index contributed by atoms with van der Waals surface area (Å²) >= 11 is 0. The Bertz CT molecular complexity index is 327. The van der Waals surface area contributed by atoms with E-state index in [-0.39, 0.29) is 6.10 Å². The SMILES string of the molecule is COC1CCNCC1c1cccc(O)c1. The van der Waals surface area contributed by atoms with Gasteiger partial charge in [0.15, 0.2) is 0 Å². The van der Waals surface area contributed by atoms with Crippen LogP contribution in [0.2, 0.25) is 0 Å². The van der Waals surface area contributed by atoms with Gasteiger partial charge in [-0.25, -0.2) is 0 Å². The fourth-order valence-corrected chi connectivity index (χ4v) is 2.20. The molecule has 2 atom stereocenters. The van der Waals surface area contributed by atoms with Crippen LogP contribution in [-0.2, 0) is 4.74 Å². The number of benzene rings is 1. The molecule has 2 unspecified atom stereocenters. The van der Waals surface area contributed by atoms with Gasteiger partial charge in [0.05, 0.1) is 6.10 Å². The Morgan fingerprint density at radius 2 is 2.33 bits per heavy atom. The van der Waals surface area contributed by atoms with Crippen molar-refractivity contribution in [1.82, 2.24) is 5.32 Å². The first-order valence-corrected chi connectivity index (χ1v) is 5.33. The number of methoxy groups -OCH3 is 1. The van der Waals surface area contributed by atoms with Crippen LogP contribution in [0.5, 0.6) is 5.75 Å². The van der Waals surface area contributed by atoms with Gasteiger partial charge in [0, 0.05) is 19.6 Å². The molecule has 2 N–H and O–H groups in total. The Morgan fingerprint density at radius 1 is 1.47 bits per heavy atom. The summed E-state index contributed by atoms with van der Waals surface area (Å²) in [5, 5.41) is 12.8. The third-order valence-corrected chi connectivity index (χ3v) is 3.02. The number of phenolic OH excluding ortho intramolecular Hbond substituents is 1. The molecule has 0 saturated carbocycles. The molecule has 0 amide bonds. The first-order chi connectivity index (χ1) is 7.31. The van der Waals surface area contributed by atoms with Crippen molar-refractivity contribution >= 4 is 0 Å². The van der Waals surface area contributed by atoms with E-state index in [1.54, 1.807) is 13.2 Å². The maximum absolute atomic E-state index is 9.44. The first-order valence-electron chi connectivity index (χ1n) is 5.33. The highest BCUT2D eigenvalue weighted by atomic mass is 16.5. The van der Waals surface area contributed by atoms with Crippen molar-refractivity contribution in [3.8, 4) is 5.75 Å². The minimum absolute atomic E-state index is 0.257. The Balaban J connectivity index is 2.20. The molecule has 0 aromatic heterocycles. The zero-order valence-electron chi connectivity index (χ0n) is 8.94. The van der Waals surface area contributed by atoms with E-state index < -0.39 is 0 Å². The maximum atomic E-state index is 9.44. The second kappa shape index (κ2) is 4.64. The predicted octanol–water partition coefficient (Wildman–Crippen LogP) is 1.48. The van der Waals surface area contributed by atoms with Crippen LogP contribution in [0.15, 0.2) is 24.3 Å². The molecule has 1 aromatic carbocycles. The number of piperidine rings is 1. The minimum Gasteiger partial charge on any atom is -0.508 e. The number of aromatic hydroxyl groups is 1. The monoisotopic (exact) mass is 207 g/mol. The standard InChI is InChI=1S/C12H17NO2/c1-15-12-5-6-13-8-11(12)9-3-2-4-10(14)7-9/h2-4,7,11-14H,5-6,8H2,1H3. The summed E-state index contributed by atoms with van der Waals surface area (Å²) in [5.74, 6) is 0.670. The lowest BCUT2D eigenvalue weighted by Crippen LogP contribution is -2.39. The number of ether oxygens (including phenoxy) is 1. The van der Waals surface area contributed by atoms with Gasteiger partial charge in [0.25, 0.3) is 0 Å². The summed E-state index contributed by atoms with van der Waals surface area (Å²) in [4.78, 5) is 0. The average molecular weight is 207 g/mol. The van der Waals surface area contributed by atoms with E-state index in [0.29, 0.717) is 11.7 Å². The quantitative estimate of drug-likeness (QED) is 0.772. The molecule has 1 saturated heterocycles. The van der Waals surface area contributed by atoms with Gasteiger partial charge in [0.2, 0.25) is 0 Å². The molecular weight excluding hydrogens is 190 g/mol. The Hall–Kier alpha value is -1.06. The molecule has 0 radical (unpaired) electrons. The van der Waals surface area contributed by atoms with Gasteiger partial charge in [-0.2, -0.15) is 0 Å². The molecular formula is C12H17NO2. The van der Waals surface area contributed by atoms with Crippen molar-refractivity contribution in [3.05, 3.63) is 29.8 Å². The minimum atomic E-state index is 0.257. The van der Waals surface area contributed by atoms with Gasteiger partial charge in [-0.3, -0.25) is 0 Å². The number of hydrogen-bond acceptors (Lipinski definition) is 3. The Kier molecular flexibility index (Phi) is 3.23. The molecule has 0 bridgehead atoms. The highest BCUT2D eigenvalue weighted by Gasteiger charge is 2.26. The van der Waals surface area contributed by atoms with Gasteiger partial charge < -0.3 is 15.2 Å². The van der Waals surface area contributed by atoms with Crippen molar-refractivity contribution in [2.24, 2.45) is 0 Å². The normalized spacial score (nSPS) is 26.5. The average Bonchev–Trinajstić information content (AvgIpc) is 2.29. The largest absolute Gasteiger partial charge is 0.508 e. The highest BCUT2D eigenvalue weighted by molar-refractivity contribution is 5.31. The van der Waals surface area contributed by atoms with E-state index in [4.69, 9.17) is 4.74 Å². The third-order valence-electron chi connectivity index (χ3n) is 3.02. The van der Waals surface area contributed by atoms with E-state index >= 15 is 0 Å². The molecule has 0 spiro atoms. The van der Waals surface area contributed by atoms with Crippen LogP contribution < -0.4 is 5.32 Å². The number of nitrogens with one attached hydrogen (secondary N) is 1. The Labute approximate surface area is 90.1 Å². The summed E-state index contributed by atoms with van der Waals surface area (Å²) < 4.78 is 5.48. The third kappa shape index (κ3) is 2.30. The fraction of sp³-hybridized carbons (Fsp3) is 0.500. The van der Waals surface area contributed by atoms with Crippen LogP contribution in [0.4, 0.5) is 0 Å². The summed E-state index contributed by atoms with van der Waals surface area (Å²) in [6, 6.07) is 7.45. The molecule has 1 heterocycles. The summed E-state index contributed by atoms with van der Waals surface area (Å²) in [6.07, 6.45) is 1.28. The van der Waals surface area contributed by atoms with Crippen molar-refractivity contribution in [1.29, 1.82) is 0 Å². The van der Waals surface area contributed by atoms with Crippen LogP contribution in [0, 0.1) is 0 Å². The van der Waals surface area contributed by atoms with Gasteiger partial charge in [-0.05, 0) is 30.7 Å². The molecule has 1 aliphatic heterocycles. The fourth-order valence-electron chi connectivity index (χ4n) is 2.20. The second-order valence-corrected chi connectivity index (χ2v) is 3.97. The molecule has 3 nitrogen and oxygen atoms in total. The van der Waals surface area contributed by atoms with Gasteiger partial charge >= 0.3 is 0 Å². The Morgan fingerprint density at radius 3 is 3.07 bits per heavy atom. The second-order valence-electron chi connectivity index (χ2n) is 3.97. The van der Waals surface area contributed by atoms with Crippen molar-refractivity contribution < 1.29 is 9.84 Å². The van der Waals surface area contributed by atoms with Crippen LogP contribution in [0.3, 0.4) is 0 Å². The molecule has 1 fully saturated rings. The summed E-state index contributed by atoms with van der Waals surface area (Å²) in [7, 11) is 1.76. The molecule has 1 aliphatic rings. The molecule has 1 aromatic rings. The molecule has 3 heteroatoms. The lowest BCUT2D eigenvalue weighted by atomic mass is 9.89. The number of hydrogen-bond donors (Lipinski definition) is 2. The molecule has 2 rings (SSSR count). The highest BCUT2D eigenvalue weighted by Crippen LogP contribution is 2.27. The van der Waals surface area contributed by atoms with Gasteiger partial charge in [0.1, 0.15) is 5.75 Å². The topological polar surface area (TPSA) is 41.5 Å². The van der Waals surface area contributed by atoms with E-state index in [1.807, 2.05) is 18.2 Å². The van der Waals surface area contributed by atoms with Crippen molar-refractivity contribution in [3.63, 3.8) is 0 Å². The zero-order chi connectivity index (χ0) is 10.7. The van der Waals surface area contributed by atoms with Crippen LogP contribution in [-0.4, -0.2) is 31.4 Å². The lowest BCUT2D eigenvalue weighted by molar-refractivity contribution is 0.0585. The molecule has 82 valence electrons. The van der Waals surface area contributed by atoms with Crippen LogP contribution >= 0.6 is 0 Å². The number of phenols is 1. The van der Waals surface area contributed by atoms with Crippen molar-refractivity contribution in [2.45, 2.75) is 18.4 Å².